The predicted octanol–water partition coefficient (Wildman–Crippen LogP) is 3.87. The van der Waals surface area contributed by atoms with Gasteiger partial charge in [0.2, 0.25) is 0 Å². The van der Waals surface area contributed by atoms with Crippen molar-refractivity contribution in [2.75, 3.05) is 0 Å². The summed E-state index contributed by atoms with van der Waals surface area (Å²) < 4.78 is 79.8. The molecular weight excluding hydrogens is 540 g/mol. The molecule has 3 aromatic rings. The fraction of sp³-hybridized carbons (Fsp3) is 0.440. The van der Waals surface area contributed by atoms with E-state index < -0.39 is 37.5 Å². The summed E-state index contributed by atoms with van der Waals surface area (Å²) >= 11 is 0. The Morgan fingerprint density at radius 2 is 1.93 bits per heavy atom. The highest BCUT2D eigenvalue weighted by atomic mass is 19.4. The third-order valence-corrected chi connectivity index (χ3v) is 6.69. The number of nitrogens with zero attached hydrogens (tertiary/aromatic N) is 6. The van der Waals surface area contributed by atoms with Gasteiger partial charge >= 0.3 is 6.18 Å². The number of aromatic nitrogens is 6. The molecule has 4 heterocycles. The zero-order valence-corrected chi connectivity index (χ0v) is 21.1. The van der Waals surface area contributed by atoms with E-state index >= 15 is 0 Å². The van der Waals surface area contributed by atoms with E-state index in [1.165, 1.54) is 30.9 Å². The third-order valence-electron chi connectivity index (χ3n) is 6.69. The maximum Gasteiger partial charge on any atom is 0.408 e. The summed E-state index contributed by atoms with van der Waals surface area (Å²) in [7, 11) is 0. The highest BCUT2D eigenvalue weighted by Gasteiger charge is 2.34. The number of halogens is 6. The quantitative estimate of drug-likeness (QED) is 0.355. The second-order valence-corrected chi connectivity index (χ2v) is 9.84. The molecule has 1 saturated carbocycles. The average Bonchev–Trinajstić information content (AvgIpc) is 3.54. The second-order valence-electron chi connectivity index (χ2n) is 9.84. The topological polar surface area (TPSA) is 112 Å². The number of hydrogen-bond donors (Lipinski definition) is 3. The number of hydrogen-bond acceptors (Lipinski definition) is 7. The van der Waals surface area contributed by atoms with Crippen molar-refractivity contribution >= 4 is 5.57 Å². The minimum Gasteiger partial charge on any atom is -0.382 e. The van der Waals surface area contributed by atoms with Gasteiger partial charge in [-0.25, -0.2) is 23.1 Å². The first-order valence-electron chi connectivity index (χ1n) is 12.6. The Kier molecular flexibility index (Phi) is 7.57. The van der Waals surface area contributed by atoms with E-state index in [1.807, 2.05) is 0 Å². The lowest BCUT2D eigenvalue weighted by Gasteiger charge is -2.34. The second kappa shape index (κ2) is 10.9. The van der Waals surface area contributed by atoms with Crippen molar-refractivity contribution in [3.05, 3.63) is 66.3 Å². The number of allylic oxidation sites excluding steroid dienone is 1. The third kappa shape index (κ3) is 6.46. The van der Waals surface area contributed by atoms with E-state index in [-0.39, 0.29) is 17.6 Å². The summed E-state index contributed by atoms with van der Waals surface area (Å²) in [5.74, 6) is 0.217. The van der Waals surface area contributed by atoms with Crippen LogP contribution in [0.2, 0.25) is 0 Å². The van der Waals surface area contributed by atoms with Crippen molar-refractivity contribution in [1.82, 2.24) is 40.2 Å². The summed E-state index contributed by atoms with van der Waals surface area (Å²) in [6, 6.07) is 2.97. The van der Waals surface area contributed by atoms with E-state index in [2.05, 4.69) is 30.8 Å². The van der Waals surface area contributed by atoms with Crippen molar-refractivity contribution in [2.45, 2.75) is 69.3 Å². The Bertz CT molecular complexity index is 1390. The first-order valence-corrected chi connectivity index (χ1v) is 12.6. The first kappa shape index (κ1) is 27.7. The fourth-order valence-electron chi connectivity index (χ4n) is 4.74. The van der Waals surface area contributed by atoms with Crippen molar-refractivity contribution in [3.8, 4) is 11.4 Å². The highest BCUT2D eigenvalue weighted by Crippen LogP contribution is 2.32. The maximum atomic E-state index is 13.8. The van der Waals surface area contributed by atoms with Gasteiger partial charge in [-0.3, -0.25) is 9.36 Å². The monoisotopic (exact) mass is 567 g/mol. The lowest BCUT2D eigenvalue weighted by molar-refractivity contribution is -0.142. The molecule has 1 unspecified atom stereocenters. The maximum absolute atomic E-state index is 13.8. The summed E-state index contributed by atoms with van der Waals surface area (Å²) in [5.41, 5.74) is 7.37. The van der Waals surface area contributed by atoms with E-state index in [9.17, 15) is 26.3 Å². The van der Waals surface area contributed by atoms with Crippen LogP contribution in [0.3, 0.4) is 0 Å². The van der Waals surface area contributed by atoms with Crippen LogP contribution in [0.25, 0.3) is 17.0 Å². The molecule has 3 aromatic heterocycles. The van der Waals surface area contributed by atoms with E-state index in [0.717, 1.165) is 9.36 Å². The Hall–Kier alpha value is -3.88. The molecule has 0 saturated heterocycles. The molecule has 1 aliphatic heterocycles. The molecule has 4 N–H and O–H groups in total. The van der Waals surface area contributed by atoms with Gasteiger partial charge in [0.15, 0.2) is 11.5 Å². The number of rotatable bonds is 8. The number of alkyl halides is 6. The van der Waals surface area contributed by atoms with E-state index in [1.54, 1.807) is 18.3 Å². The normalized spacial score (nSPS) is 23.5. The Labute approximate surface area is 225 Å². The van der Waals surface area contributed by atoms with Crippen molar-refractivity contribution in [1.29, 1.82) is 0 Å². The van der Waals surface area contributed by atoms with Gasteiger partial charge in [-0.15, -0.1) is 0 Å². The molecule has 1 aliphatic carbocycles. The molecule has 2 aliphatic rings. The van der Waals surface area contributed by atoms with Crippen LogP contribution in [-0.4, -0.2) is 54.3 Å². The Morgan fingerprint density at radius 1 is 1.15 bits per heavy atom. The van der Waals surface area contributed by atoms with Gasteiger partial charge in [0, 0.05) is 42.1 Å². The minimum absolute atomic E-state index is 0.0807. The Balaban J connectivity index is 1.45. The summed E-state index contributed by atoms with van der Waals surface area (Å²) in [5, 5.41) is 14.4. The van der Waals surface area contributed by atoms with Gasteiger partial charge in [-0.2, -0.15) is 23.4 Å². The van der Waals surface area contributed by atoms with E-state index in [0.29, 0.717) is 48.2 Å². The predicted molar refractivity (Wildman–Crippen MR) is 133 cm³/mol. The zero-order valence-electron chi connectivity index (χ0n) is 21.1. The van der Waals surface area contributed by atoms with Gasteiger partial charge in [-0.05, 0) is 43.9 Å². The molecule has 0 radical (unpaired) electrons. The molecule has 15 heteroatoms. The molecule has 9 nitrogen and oxygen atoms in total. The van der Waals surface area contributed by atoms with Gasteiger partial charge in [-0.1, -0.05) is 0 Å². The SMILES string of the molecule is NC1(c2ccnc(-c3cnn(CC(F)F)c3)n2)C=C(NC2CCC(F)CC2)C(c2ccn(CC(F)(F)F)n2)=CN1. The highest BCUT2D eigenvalue weighted by molar-refractivity contribution is 5.78. The van der Waals surface area contributed by atoms with Crippen LogP contribution in [0.4, 0.5) is 26.3 Å². The minimum atomic E-state index is -4.43. The van der Waals surface area contributed by atoms with E-state index in [4.69, 9.17) is 5.73 Å². The van der Waals surface area contributed by atoms with Crippen molar-refractivity contribution in [3.63, 3.8) is 0 Å². The zero-order chi connectivity index (χ0) is 28.5. The molecule has 5 rings (SSSR count). The van der Waals surface area contributed by atoms with Gasteiger partial charge < -0.3 is 16.4 Å². The van der Waals surface area contributed by atoms with Crippen LogP contribution < -0.4 is 16.4 Å². The average molecular weight is 568 g/mol. The number of dihydropyridines is 1. The standard InChI is InChI=1S/C25H27F6N9/c26-16-1-3-17(4-2-16)36-20-9-24(32,34-11-18(20)19-6-8-39(38-19)14-25(29,30)31)21-5-7-33-23(37-21)15-10-35-40(12-15)13-22(27)28/h5-12,16-17,22,34,36H,1-4,13-14,32H2. The van der Waals surface area contributed by atoms with Crippen molar-refractivity contribution < 1.29 is 26.3 Å². The molecule has 0 bridgehead atoms. The summed E-state index contributed by atoms with van der Waals surface area (Å²) in [6.45, 7) is -1.81. The van der Waals surface area contributed by atoms with Crippen LogP contribution in [0.5, 0.6) is 0 Å². The first-order chi connectivity index (χ1) is 19.0. The molecule has 0 spiro atoms. The number of nitrogens with two attached hydrogens (primary N) is 1. The molecule has 1 fully saturated rings. The smallest absolute Gasteiger partial charge is 0.382 e. The molecule has 0 amide bonds. The molecule has 214 valence electrons. The van der Waals surface area contributed by atoms with Gasteiger partial charge in [0.1, 0.15) is 19.3 Å². The van der Waals surface area contributed by atoms with Gasteiger partial charge in [0.25, 0.3) is 6.43 Å². The van der Waals surface area contributed by atoms with Gasteiger partial charge in [0.05, 0.1) is 23.1 Å². The molecule has 1 atom stereocenters. The fourth-order valence-corrected chi connectivity index (χ4v) is 4.74. The lowest BCUT2D eigenvalue weighted by Crippen LogP contribution is -2.50. The molecule has 40 heavy (non-hydrogen) atoms. The van der Waals surface area contributed by atoms with Crippen LogP contribution >= 0.6 is 0 Å². The summed E-state index contributed by atoms with van der Waals surface area (Å²) in [4.78, 5) is 8.74. The largest absolute Gasteiger partial charge is 0.408 e. The van der Waals surface area contributed by atoms with Crippen LogP contribution in [0.1, 0.15) is 37.1 Å². The van der Waals surface area contributed by atoms with Crippen LogP contribution in [0.15, 0.2) is 54.9 Å². The summed E-state index contributed by atoms with van der Waals surface area (Å²) in [6.07, 6.45) is 2.74. The Morgan fingerprint density at radius 3 is 2.65 bits per heavy atom. The molecule has 0 aromatic carbocycles. The molecular formula is C25H27F6N9. The van der Waals surface area contributed by atoms with Crippen molar-refractivity contribution in [2.24, 2.45) is 5.73 Å². The van der Waals surface area contributed by atoms with Crippen LogP contribution in [-0.2, 0) is 18.8 Å². The van der Waals surface area contributed by atoms with Crippen LogP contribution in [0, 0.1) is 0 Å². The number of nitrogens with one attached hydrogen (secondary N) is 2. The lowest BCUT2D eigenvalue weighted by atomic mass is 9.91.